The summed E-state index contributed by atoms with van der Waals surface area (Å²) in [4.78, 5) is 10.9. The number of hydrogen-bond donors (Lipinski definition) is 3. The molecule has 4 nitrogen and oxygen atoms in total. The van der Waals surface area contributed by atoms with Gasteiger partial charge in [0.05, 0.1) is 0 Å². The summed E-state index contributed by atoms with van der Waals surface area (Å²) >= 11 is 0. The lowest BCUT2D eigenvalue weighted by Gasteiger charge is -2.15. The molecule has 80 valence electrons. The summed E-state index contributed by atoms with van der Waals surface area (Å²) in [7, 11) is 0. The van der Waals surface area contributed by atoms with Crippen LogP contribution in [-0.2, 0) is 4.79 Å². The van der Waals surface area contributed by atoms with E-state index in [9.17, 15) is 4.79 Å². The van der Waals surface area contributed by atoms with Crippen LogP contribution >= 0.6 is 0 Å². The summed E-state index contributed by atoms with van der Waals surface area (Å²) in [5.74, 6) is -0.606. The zero-order chi connectivity index (χ0) is 10.8. The smallest absolute Gasteiger partial charge is 0.321 e. The van der Waals surface area contributed by atoms with E-state index in [2.05, 4.69) is 5.32 Å². The van der Waals surface area contributed by atoms with Crippen molar-refractivity contribution in [1.82, 2.24) is 5.32 Å². The lowest BCUT2D eigenvalue weighted by molar-refractivity contribution is -0.139. The van der Waals surface area contributed by atoms with Crippen molar-refractivity contribution in [3.8, 4) is 5.75 Å². The number of carbonyl (C=O) groups is 1. The van der Waals surface area contributed by atoms with Gasteiger partial charge < -0.3 is 15.5 Å². The Hall–Kier alpha value is -1.55. The summed E-state index contributed by atoms with van der Waals surface area (Å²) in [6, 6.07) is 6.24. The number of aliphatic carboxylic acids is 1. The van der Waals surface area contributed by atoms with Gasteiger partial charge in [-0.1, -0.05) is 12.1 Å². The maximum Gasteiger partial charge on any atom is 0.321 e. The van der Waals surface area contributed by atoms with Crippen LogP contribution in [-0.4, -0.2) is 28.8 Å². The van der Waals surface area contributed by atoms with Gasteiger partial charge in [-0.05, 0) is 30.7 Å². The Bertz CT molecular complexity index is 361. The lowest BCUT2D eigenvalue weighted by Crippen LogP contribution is -2.34. The molecule has 0 aromatic heterocycles. The number of carboxylic acids is 1. The molecule has 0 aliphatic carbocycles. The normalized spacial score (nSPS) is 25.3. The van der Waals surface area contributed by atoms with E-state index in [1.165, 1.54) is 0 Å². The van der Waals surface area contributed by atoms with Gasteiger partial charge in [0.15, 0.2) is 0 Å². The molecular weight excluding hydrogens is 194 g/mol. The fourth-order valence-corrected chi connectivity index (χ4v) is 2.04. The van der Waals surface area contributed by atoms with Crippen molar-refractivity contribution in [3.05, 3.63) is 29.8 Å². The molecule has 15 heavy (non-hydrogen) atoms. The third-order valence-corrected chi connectivity index (χ3v) is 2.81. The SMILES string of the molecule is O=C(O)C1NCCC1c1ccc(O)cc1. The third-order valence-electron chi connectivity index (χ3n) is 2.81. The molecular formula is C11H13NO3. The van der Waals surface area contributed by atoms with Crippen LogP contribution in [0.2, 0.25) is 0 Å². The summed E-state index contributed by atoms with van der Waals surface area (Å²) in [5, 5.41) is 21.1. The molecule has 1 fully saturated rings. The van der Waals surface area contributed by atoms with Gasteiger partial charge in [-0.3, -0.25) is 4.79 Å². The number of phenolic OH excluding ortho intramolecular Hbond substituents is 1. The van der Waals surface area contributed by atoms with E-state index in [0.717, 1.165) is 18.5 Å². The Kier molecular flexibility index (Phi) is 2.60. The van der Waals surface area contributed by atoms with Crippen LogP contribution in [0.15, 0.2) is 24.3 Å². The van der Waals surface area contributed by atoms with Crippen LogP contribution in [0.4, 0.5) is 0 Å². The molecule has 3 N–H and O–H groups in total. The Morgan fingerprint density at radius 3 is 2.60 bits per heavy atom. The van der Waals surface area contributed by atoms with Crippen LogP contribution in [0.25, 0.3) is 0 Å². The van der Waals surface area contributed by atoms with Gasteiger partial charge in [-0.15, -0.1) is 0 Å². The molecule has 4 heteroatoms. The van der Waals surface area contributed by atoms with Crippen LogP contribution in [0, 0.1) is 0 Å². The zero-order valence-corrected chi connectivity index (χ0v) is 8.18. The molecule has 1 aliphatic heterocycles. The maximum atomic E-state index is 10.9. The number of benzene rings is 1. The second kappa shape index (κ2) is 3.90. The van der Waals surface area contributed by atoms with E-state index >= 15 is 0 Å². The highest BCUT2D eigenvalue weighted by Gasteiger charge is 2.33. The average molecular weight is 207 g/mol. The van der Waals surface area contributed by atoms with Crippen molar-refractivity contribution < 1.29 is 15.0 Å². The molecule has 1 aromatic rings. The molecule has 0 bridgehead atoms. The number of phenols is 1. The minimum absolute atomic E-state index is 0.00287. The summed E-state index contributed by atoms with van der Waals surface area (Å²) in [6.45, 7) is 0.725. The fourth-order valence-electron chi connectivity index (χ4n) is 2.04. The minimum atomic E-state index is -0.814. The van der Waals surface area contributed by atoms with Crippen LogP contribution in [0.3, 0.4) is 0 Å². The number of aromatic hydroxyl groups is 1. The molecule has 2 unspecified atom stereocenters. The third kappa shape index (κ3) is 1.94. The molecule has 1 aliphatic rings. The first-order valence-corrected chi connectivity index (χ1v) is 4.93. The van der Waals surface area contributed by atoms with Crippen molar-refractivity contribution in [2.24, 2.45) is 0 Å². The maximum absolute atomic E-state index is 10.9. The van der Waals surface area contributed by atoms with Gasteiger partial charge in [0.1, 0.15) is 11.8 Å². The molecule has 2 rings (SSSR count). The quantitative estimate of drug-likeness (QED) is 0.674. The van der Waals surface area contributed by atoms with Crippen molar-refractivity contribution in [3.63, 3.8) is 0 Å². The van der Waals surface area contributed by atoms with Gasteiger partial charge >= 0.3 is 5.97 Å². The van der Waals surface area contributed by atoms with Crippen LogP contribution in [0.1, 0.15) is 17.9 Å². The second-order valence-electron chi connectivity index (χ2n) is 3.76. The van der Waals surface area contributed by atoms with E-state index in [0.29, 0.717) is 0 Å². The molecule has 0 radical (unpaired) electrons. The summed E-state index contributed by atoms with van der Waals surface area (Å²) < 4.78 is 0. The first-order chi connectivity index (χ1) is 7.18. The molecule has 0 saturated carbocycles. The first kappa shape index (κ1) is 9.98. The Morgan fingerprint density at radius 1 is 1.33 bits per heavy atom. The molecule has 2 atom stereocenters. The highest BCUT2D eigenvalue weighted by molar-refractivity contribution is 5.75. The van der Waals surface area contributed by atoms with Crippen molar-refractivity contribution >= 4 is 5.97 Å². The van der Waals surface area contributed by atoms with E-state index in [1.54, 1.807) is 24.3 Å². The van der Waals surface area contributed by atoms with Crippen molar-refractivity contribution in [2.75, 3.05) is 6.54 Å². The predicted molar refractivity (Wildman–Crippen MR) is 54.9 cm³/mol. The fraction of sp³-hybridized carbons (Fsp3) is 0.364. The standard InChI is InChI=1S/C11H13NO3/c13-8-3-1-7(2-4-8)9-5-6-12-10(9)11(14)15/h1-4,9-10,12-13H,5-6H2,(H,14,15). The van der Waals surface area contributed by atoms with Gasteiger partial charge in [0, 0.05) is 5.92 Å². The van der Waals surface area contributed by atoms with Gasteiger partial charge in [0.2, 0.25) is 0 Å². The molecule has 1 heterocycles. The highest BCUT2D eigenvalue weighted by atomic mass is 16.4. The Balaban J connectivity index is 2.22. The largest absolute Gasteiger partial charge is 0.508 e. The monoisotopic (exact) mass is 207 g/mol. The topological polar surface area (TPSA) is 69.6 Å². The van der Waals surface area contributed by atoms with Crippen LogP contribution in [0.5, 0.6) is 5.75 Å². The summed E-state index contributed by atoms with van der Waals surface area (Å²) in [5.41, 5.74) is 0.963. The summed E-state index contributed by atoms with van der Waals surface area (Å²) in [6.07, 6.45) is 0.821. The van der Waals surface area contributed by atoms with Gasteiger partial charge in [0.25, 0.3) is 0 Å². The Morgan fingerprint density at radius 2 is 2.00 bits per heavy atom. The number of rotatable bonds is 2. The molecule has 0 amide bonds. The molecule has 0 spiro atoms. The number of nitrogens with one attached hydrogen (secondary N) is 1. The molecule has 1 aromatic carbocycles. The van der Waals surface area contributed by atoms with E-state index in [4.69, 9.17) is 10.2 Å². The Labute approximate surface area is 87.6 Å². The predicted octanol–water partition coefficient (Wildman–Crippen LogP) is 0.922. The molecule has 1 saturated heterocycles. The van der Waals surface area contributed by atoms with Crippen molar-refractivity contribution in [2.45, 2.75) is 18.4 Å². The van der Waals surface area contributed by atoms with E-state index in [1.807, 2.05) is 0 Å². The van der Waals surface area contributed by atoms with Crippen LogP contribution < -0.4 is 5.32 Å². The average Bonchev–Trinajstić information content (AvgIpc) is 2.67. The lowest BCUT2D eigenvalue weighted by atomic mass is 9.92. The van der Waals surface area contributed by atoms with Gasteiger partial charge in [-0.2, -0.15) is 0 Å². The number of hydrogen-bond acceptors (Lipinski definition) is 3. The number of carboxylic acid groups (broad SMARTS) is 1. The minimum Gasteiger partial charge on any atom is -0.508 e. The first-order valence-electron chi connectivity index (χ1n) is 4.93. The van der Waals surface area contributed by atoms with Gasteiger partial charge in [-0.25, -0.2) is 0 Å². The second-order valence-corrected chi connectivity index (χ2v) is 3.76. The van der Waals surface area contributed by atoms with E-state index < -0.39 is 12.0 Å². The highest BCUT2D eigenvalue weighted by Crippen LogP contribution is 2.28. The van der Waals surface area contributed by atoms with E-state index in [-0.39, 0.29) is 11.7 Å². The zero-order valence-electron chi connectivity index (χ0n) is 8.18. The van der Waals surface area contributed by atoms with Crippen molar-refractivity contribution in [1.29, 1.82) is 0 Å².